The summed E-state index contributed by atoms with van der Waals surface area (Å²) in [5.41, 5.74) is 15.1. The van der Waals surface area contributed by atoms with Crippen LogP contribution in [-0.4, -0.2) is 128 Å². The van der Waals surface area contributed by atoms with Crippen LogP contribution in [0.25, 0.3) is 50.6 Å². The van der Waals surface area contributed by atoms with E-state index >= 15 is 0 Å². The van der Waals surface area contributed by atoms with E-state index in [1.807, 2.05) is 70.1 Å². The molecule has 0 bridgehead atoms. The minimum atomic E-state index is 0.415. The predicted molar refractivity (Wildman–Crippen MR) is 326 cm³/mol. The Kier molecular flexibility index (Phi) is 14.3. The number of imidazole rings is 3. The van der Waals surface area contributed by atoms with Crippen LogP contribution in [0.2, 0.25) is 0 Å². The number of pyridine rings is 3. The number of hydrogen-bond donors (Lipinski definition) is 0. The molecule has 3 fully saturated rings. The third kappa shape index (κ3) is 10.4. The summed E-state index contributed by atoms with van der Waals surface area (Å²) in [5, 5.41) is 0. The standard InChI is InChI=1S/C63H67N21/c1-5-82-58(76-48(61(82)79-27-6-7-28-79)18-21-54-68-38-52-45(73-54)13-12-24-65-52)42(4)67-36-43-35-51-57(70-37-43)40(2)71-56(75-51)23-20-50-63(81-31-10-11-32-81)84-34-26-66-47(60(84)78-50)17-15-44-14-16-46-53(72-44)39-69-55(74-46)22-19-49-62(80-29-8-9-30-80)83-33-25-64-41(3)59(83)77-49/h5,12-14,16,24-26,33-35,37-39H,1,6-11,15,17-23,27-32,36H2,2-4H3. The summed E-state index contributed by atoms with van der Waals surface area (Å²) >= 11 is 0. The molecule has 0 aliphatic carbocycles. The Morgan fingerprint density at radius 1 is 0.500 bits per heavy atom. The maximum atomic E-state index is 5.37. The molecule has 0 radical (unpaired) electrons. The molecule has 3 aliphatic rings. The number of aromatic nitrogens is 17. The topological polar surface area (TPSA) is 216 Å². The first-order valence-corrected chi connectivity index (χ1v) is 29.8. The van der Waals surface area contributed by atoms with Crippen molar-refractivity contribution in [3.63, 3.8) is 0 Å². The van der Waals surface area contributed by atoms with Gasteiger partial charge in [-0.3, -0.25) is 38.3 Å². The minimum absolute atomic E-state index is 0.415. The third-order valence-corrected chi connectivity index (χ3v) is 16.7. The van der Waals surface area contributed by atoms with Gasteiger partial charge in [0.25, 0.3) is 0 Å². The van der Waals surface area contributed by atoms with Crippen LogP contribution in [0.1, 0.15) is 114 Å². The van der Waals surface area contributed by atoms with E-state index in [2.05, 4.69) is 74.0 Å². The van der Waals surface area contributed by atoms with Gasteiger partial charge in [0, 0.05) is 127 Å². The maximum Gasteiger partial charge on any atom is 0.160 e. The SMILES string of the molecule is C=Cn1c(C(C)=NCc2cnc3c(C)nc(CCc4nc5c(CCc6ccc7nc(CCc8nc9c(C)nccn9c8N8CCCC8)ncc7n6)nccn5c4N4CCCC4)nc3c2)nc(CCc2ncc3ncccc3n2)c1N1CCCC1. The highest BCUT2D eigenvalue weighted by Gasteiger charge is 2.27. The molecular weight excluding hydrogens is 1050 g/mol. The summed E-state index contributed by atoms with van der Waals surface area (Å²) in [5.74, 6) is 6.46. The fourth-order valence-electron chi connectivity index (χ4n) is 12.5. The molecule has 3 aliphatic heterocycles. The molecule has 424 valence electrons. The zero-order valence-electron chi connectivity index (χ0n) is 48.0. The Balaban J connectivity index is 0.663. The monoisotopic (exact) mass is 1120 g/mol. The van der Waals surface area contributed by atoms with Gasteiger partial charge < -0.3 is 14.7 Å². The van der Waals surface area contributed by atoms with Crippen molar-refractivity contribution in [2.45, 2.75) is 117 Å². The Morgan fingerprint density at radius 2 is 1.10 bits per heavy atom. The third-order valence-electron chi connectivity index (χ3n) is 16.7. The quantitative estimate of drug-likeness (QED) is 0.0692. The predicted octanol–water partition coefficient (Wildman–Crippen LogP) is 8.65. The highest BCUT2D eigenvalue weighted by molar-refractivity contribution is 5.97. The van der Waals surface area contributed by atoms with E-state index in [1.165, 1.54) is 18.7 Å². The van der Waals surface area contributed by atoms with Gasteiger partial charge in [-0.1, -0.05) is 6.58 Å². The van der Waals surface area contributed by atoms with Crippen LogP contribution >= 0.6 is 0 Å². The largest absolute Gasteiger partial charge is 0.356 e. The molecule has 0 atom stereocenters. The van der Waals surface area contributed by atoms with Gasteiger partial charge >= 0.3 is 0 Å². The first-order chi connectivity index (χ1) is 41.3. The fraction of sp³-hybridized carbons (Fsp3) is 0.381. The van der Waals surface area contributed by atoms with Gasteiger partial charge in [-0.25, -0.2) is 49.8 Å². The van der Waals surface area contributed by atoms with E-state index in [0.717, 1.165) is 202 Å². The van der Waals surface area contributed by atoms with E-state index in [1.54, 1.807) is 12.4 Å². The molecule has 3 saturated heterocycles. The van der Waals surface area contributed by atoms with Crippen molar-refractivity contribution >= 4 is 73.8 Å². The molecule has 11 aromatic rings. The summed E-state index contributed by atoms with van der Waals surface area (Å²) in [6.45, 7) is 16.7. The van der Waals surface area contributed by atoms with E-state index in [0.29, 0.717) is 51.5 Å². The van der Waals surface area contributed by atoms with Crippen LogP contribution in [0.3, 0.4) is 0 Å². The van der Waals surface area contributed by atoms with Gasteiger partial charge in [0.15, 0.2) is 17.1 Å². The van der Waals surface area contributed by atoms with Crippen molar-refractivity contribution in [1.29, 1.82) is 0 Å². The molecule has 84 heavy (non-hydrogen) atoms. The molecular formula is C63H67N21. The van der Waals surface area contributed by atoms with Crippen molar-refractivity contribution in [3.05, 3.63) is 155 Å². The second-order valence-electron chi connectivity index (χ2n) is 22.4. The molecule has 0 spiro atoms. The normalized spacial score (nSPS) is 15.0. The number of fused-ring (bicyclic) bond motifs is 5. The molecule has 14 heterocycles. The van der Waals surface area contributed by atoms with Crippen LogP contribution in [0.15, 0.2) is 91.5 Å². The minimum Gasteiger partial charge on any atom is -0.356 e. The van der Waals surface area contributed by atoms with Crippen LogP contribution in [0, 0.1) is 13.8 Å². The second kappa shape index (κ2) is 22.8. The van der Waals surface area contributed by atoms with Crippen molar-refractivity contribution in [3.8, 4) is 0 Å². The first kappa shape index (κ1) is 52.8. The van der Waals surface area contributed by atoms with Crippen molar-refractivity contribution in [2.75, 3.05) is 54.0 Å². The smallest absolute Gasteiger partial charge is 0.160 e. The Bertz CT molecular complexity index is 4310. The van der Waals surface area contributed by atoms with Gasteiger partial charge in [-0.15, -0.1) is 0 Å². The summed E-state index contributed by atoms with van der Waals surface area (Å²) in [7, 11) is 0. The number of rotatable bonds is 19. The lowest BCUT2D eigenvalue weighted by Gasteiger charge is -2.20. The van der Waals surface area contributed by atoms with Crippen LogP contribution in [0.4, 0.5) is 17.5 Å². The summed E-state index contributed by atoms with van der Waals surface area (Å²) in [4.78, 5) is 81.2. The van der Waals surface area contributed by atoms with E-state index < -0.39 is 0 Å². The van der Waals surface area contributed by atoms with Crippen LogP contribution in [-0.2, 0) is 57.9 Å². The van der Waals surface area contributed by atoms with E-state index in [4.69, 9.17) is 59.8 Å². The number of hydrogen-bond acceptors (Lipinski definition) is 18. The van der Waals surface area contributed by atoms with Gasteiger partial charge in [0.1, 0.15) is 51.5 Å². The highest BCUT2D eigenvalue weighted by atomic mass is 15.3. The van der Waals surface area contributed by atoms with Crippen molar-refractivity contribution < 1.29 is 0 Å². The molecule has 0 aromatic carbocycles. The van der Waals surface area contributed by atoms with E-state index in [9.17, 15) is 0 Å². The molecule has 21 nitrogen and oxygen atoms in total. The number of anilines is 3. The summed E-state index contributed by atoms with van der Waals surface area (Å²) in [6.07, 6.45) is 29.4. The van der Waals surface area contributed by atoms with Crippen molar-refractivity contribution in [1.82, 2.24) is 83.1 Å². The highest BCUT2D eigenvalue weighted by Crippen LogP contribution is 2.32. The molecule has 0 saturated carbocycles. The van der Waals surface area contributed by atoms with Gasteiger partial charge in [0.05, 0.1) is 75.4 Å². The molecule has 0 amide bonds. The van der Waals surface area contributed by atoms with Crippen LogP contribution < -0.4 is 14.7 Å². The first-order valence-electron chi connectivity index (χ1n) is 29.8. The lowest BCUT2D eigenvalue weighted by molar-refractivity contribution is 0.827. The van der Waals surface area contributed by atoms with Gasteiger partial charge in [-0.05, 0) is 108 Å². The summed E-state index contributed by atoms with van der Waals surface area (Å²) < 4.78 is 6.54. The van der Waals surface area contributed by atoms with Gasteiger partial charge in [-0.2, -0.15) is 0 Å². The molecule has 0 unspecified atom stereocenters. The molecule has 0 N–H and O–H groups in total. The van der Waals surface area contributed by atoms with Gasteiger partial charge in [0.2, 0.25) is 0 Å². The Morgan fingerprint density at radius 3 is 1.80 bits per heavy atom. The average Bonchev–Trinajstić information content (AvgIpc) is 4.21. The van der Waals surface area contributed by atoms with Crippen molar-refractivity contribution in [2.24, 2.45) is 4.99 Å². The number of aryl methyl sites for hydroxylation is 10. The molecule has 14 rings (SSSR count). The Hall–Kier alpha value is -9.27. The average molecular weight is 1120 g/mol. The molecule has 11 aromatic heterocycles. The zero-order chi connectivity index (χ0) is 56.7. The molecule has 21 heteroatoms. The second-order valence-corrected chi connectivity index (χ2v) is 22.4. The zero-order valence-corrected chi connectivity index (χ0v) is 48.0. The maximum absolute atomic E-state index is 5.37. The number of nitrogens with zero attached hydrogens (tertiary/aromatic N) is 21. The lowest BCUT2D eigenvalue weighted by Crippen LogP contribution is -2.22. The summed E-state index contributed by atoms with van der Waals surface area (Å²) in [6, 6.07) is 10.1. The number of aliphatic imine (C=N–C) groups is 1. The van der Waals surface area contributed by atoms with Crippen LogP contribution in [0.5, 0.6) is 0 Å². The van der Waals surface area contributed by atoms with E-state index in [-0.39, 0.29) is 0 Å². The lowest BCUT2D eigenvalue weighted by atomic mass is 10.1. The fourth-order valence-corrected chi connectivity index (χ4v) is 12.5. The Labute approximate surface area is 486 Å².